The Morgan fingerprint density at radius 1 is 1.03 bits per heavy atom. The Balaban J connectivity index is 1.76. The summed E-state index contributed by atoms with van der Waals surface area (Å²) in [7, 11) is 1.84. The van der Waals surface area contributed by atoms with Crippen molar-refractivity contribution in [2.45, 2.75) is 26.8 Å². The largest absolute Gasteiger partial charge is 0.439 e. The number of rotatable bonds is 8. The van der Waals surface area contributed by atoms with Gasteiger partial charge in [-0.25, -0.2) is 9.07 Å². The average Bonchev–Trinajstić information content (AvgIpc) is 3.14. The molecule has 0 saturated carbocycles. The lowest BCUT2D eigenvalue weighted by molar-refractivity contribution is 0.0742. The number of carbonyl (C=O) groups excluding carboxylic acids is 1. The van der Waals surface area contributed by atoms with E-state index in [1.807, 2.05) is 75.5 Å². The zero-order chi connectivity index (χ0) is 24.1. The molecule has 0 N–H and O–H groups in total. The second kappa shape index (κ2) is 10.3. The van der Waals surface area contributed by atoms with Crippen LogP contribution in [0, 0.1) is 12.7 Å². The highest BCUT2D eigenvalue weighted by Crippen LogP contribution is 2.34. The number of hydrogen-bond donors (Lipinski definition) is 0. The van der Waals surface area contributed by atoms with Gasteiger partial charge in [-0.2, -0.15) is 5.10 Å². The summed E-state index contributed by atoms with van der Waals surface area (Å²) in [5, 5.41) is 4.76. The zero-order valence-corrected chi connectivity index (χ0v) is 19.7. The van der Waals surface area contributed by atoms with E-state index in [2.05, 4.69) is 0 Å². The summed E-state index contributed by atoms with van der Waals surface area (Å²) in [4.78, 5) is 15.1. The third-order valence-electron chi connectivity index (χ3n) is 5.56. The van der Waals surface area contributed by atoms with Crippen LogP contribution in [0.15, 0.2) is 78.9 Å². The average molecular weight is 458 g/mol. The van der Waals surface area contributed by atoms with E-state index in [1.165, 1.54) is 24.3 Å². The fourth-order valence-electron chi connectivity index (χ4n) is 3.93. The second-order valence-electron chi connectivity index (χ2n) is 8.27. The van der Waals surface area contributed by atoms with Crippen molar-refractivity contribution in [3.63, 3.8) is 0 Å². The van der Waals surface area contributed by atoms with E-state index in [0.717, 1.165) is 28.8 Å². The van der Waals surface area contributed by atoms with Crippen LogP contribution in [0.4, 0.5) is 4.39 Å². The molecular weight excluding hydrogens is 429 g/mol. The second-order valence-corrected chi connectivity index (χ2v) is 8.27. The number of aromatic nitrogens is 2. The molecule has 6 heteroatoms. The number of hydrogen-bond acceptors (Lipinski definition) is 3. The molecule has 4 aromatic rings. The zero-order valence-electron chi connectivity index (χ0n) is 19.7. The summed E-state index contributed by atoms with van der Waals surface area (Å²) in [6.45, 7) is 4.89. The first-order valence-electron chi connectivity index (χ1n) is 11.4. The lowest BCUT2D eigenvalue weighted by Crippen LogP contribution is -2.31. The lowest BCUT2D eigenvalue weighted by Gasteiger charge is -2.23. The topological polar surface area (TPSA) is 47.4 Å². The Hall–Kier alpha value is -3.93. The van der Waals surface area contributed by atoms with Crippen molar-refractivity contribution in [3.8, 4) is 22.9 Å². The molecule has 4 rings (SSSR count). The molecule has 1 aromatic heterocycles. The van der Waals surface area contributed by atoms with Gasteiger partial charge in [-0.05, 0) is 55.3 Å². The molecule has 0 bridgehead atoms. The molecule has 0 aliphatic heterocycles. The highest BCUT2D eigenvalue weighted by atomic mass is 19.1. The minimum atomic E-state index is -0.369. The van der Waals surface area contributed by atoms with Crippen LogP contribution in [0.1, 0.15) is 34.8 Å². The van der Waals surface area contributed by atoms with Crippen molar-refractivity contribution >= 4 is 5.91 Å². The first kappa shape index (κ1) is 23.2. The van der Waals surface area contributed by atoms with Gasteiger partial charge in [0.15, 0.2) is 0 Å². The highest BCUT2D eigenvalue weighted by Gasteiger charge is 2.25. The normalized spacial score (nSPS) is 10.8. The van der Waals surface area contributed by atoms with E-state index in [9.17, 15) is 9.18 Å². The van der Waals surface area contributed by atoms with Gasteiger partial charge in [0.25, 0.3) is 5.91 Å². The first-order chi connectivity index (χ1) is 16.5. The first-order valence-corrected chi connectivity index (χ1v) is 11.4. The predicted molar refractivity (Wildman–Crippen MR) is 131 cm³/mol. The number of nitrogens with zero attached hydrogens (tertiary/aromatic N) is 3. The van der Waals surface area contributed by atoms with Gasteiger partial charge in [0.2, 0.25) is 5.88 Å². The number of ether oxygens (including phenoxy) is 1. The van der Waals surface area contributed by atoms with Crippen molar-refractivity contribution in [1.82, 2.24) is 14.7 Å². The molecule has 5 nitrogen and oxygen atoms in total. The molecule has 1 heterocycles. The maximum absolute atomic E-state index is 13.4. The summed E-state index contributed by atoms with van der Waals surface area (Å²) in [5.74, 6) is 0.755. The van der Waals surface area contributed by atoms with E-state index < -0.39 is 0 Å². The molecule has 0 spiro atoms. The summed E-state index contributed by atoms with van der Waals surface area (Å²) in [6.07, 6.45) is 0.780. The Labute approximate surface area is 199 Å². The van der Waals surface area contributed by atoms with Crippen LogP contribution in [0.5, 0.6) is 11.6 Å². The predicted octanol–water partition coefficient (Wildman–Crippen LogP) is 6.38. The van der Waals surface area contributed by atoms with Crippen molar-refractivity contribution < 1.29 is 13.9 Å². The van der Waals surface area contributed by atoms with Gasteiger partial charge in [0.05, 0.1) is 12.1 Å². The number of carbonyl (C=O) groups is 1. The van der Waals surface area contributed by atoms with Crippen LogP contribution < -0.4 is 4.74 Å². The van der Waals surface area contributed by atoms with Crippen LogP contribution in [-0.4, -0.2) is 27.1 Å². The fraction of sp³-hybridized carbons (Fsp3) is 0.214. The standard InChI is InChI=1S/C28H28FN3O2/c1-4-17-32(27(33)22-13-15-23(29)16-14-22)19-25-26(21-10-6-5-7-11-21)30-31(3)28(25)34-24-12-8-9-20(2)18-24/h5-16,18H,4,17,19H2,1-3H3. The molecule has 0 fully saturated rings. The molecule has 3 aromatic carbocycles. The number of halogens is 1. The summed E-state index contributed by atoms with van der Waals surface area (Å²) in [5.41, 5.74) is 4.06. The molecule has 1 amide bonds. The van der Waals surface area contributed by atoms with E-state index in [0.29, 0.717) is 30.3 Å². The molecule has 0 unspecified atom stereocenters. The summed E-state index contributed by atoms with van der Waals surface area (Å²) in [6, 6.07) is 23.3. The third-order valence-corrected chi connectivity index (χ3v) is 5.56. The number of aryl methyl sites for hydroxylation is 2. The van der Waals surface area contributed by atoms with Gasteiger partial charge in [-0.15, -0.1) is 0 Å². The maximum atomic E-state index is 13.4. The molecule has 0 aliphatic rings. The van der Waals surface area contributed by atoms with E-state index in [1.54, 1.807) is 9.58 Å². The molecule has 34 heavy (non-hydrogen) atoms. The van der Waals surface area contributed by atoms with Gasteiger partial charge in [-0.3, -0.25) is 4.79 Å². The van der Waals surface area contributed by atoms with Gasteiger partial charge < -0.3 is 9.64 Å². The van der Waals surface area contributed by atoms with Crippen LogP contribution in [0.2, 0.25) is 0 Å². The fourth-order valence-corrected chi connectivity index (χ4v) is 3.93. The monoisotopic (exact) mass is 457 g/mol. The molecule has 0 saturated heterocycles. The van der Waals surface area contributed by atoms with Crippen LogP contribution in [-0.2, 0) is 13.6 Å². The van der Waals surface area contributed by atoms with Crippen LogP contribution >= 0.6 is 0 Å². The van der Waals surface area contributed by atoms with Crippen molar-refractivity contribution in [1.29, 1.82) is 0 Å². The molecule has 174 valence electrons. The van der Waals surface area contributed by atoms with Crippen LogP contribution in [0.25, 0.3) is 11.3 Å². The SMILES string of the molecule is CCCN(Cc1c(-c2ccccc2)nn(C)c1Oc1cccc(C)c1)C(=O)c1ccc(F)cc1. The molecule has 0 radical (unpaired) electrons. The number of amides is 1. The van der Waals surface area contributed by atoms with Crippen molar-refractivity contribution in [3.05, 3.63) is 101 Å². The molecule has 0 atom stereocenters. The van der Waals surface area contributed by atoms with E-state index in [-0.39, 0.29) is 11.7 Å². The quantitative estimate of drug-likeness (QED) is 0.308. The highest BCUT2D eigenvalue weighted by molar-refractivity contribution is 5.94. The minimum absolute atomic E-state index is 0.161. The lowest BCUT2D eigenvalue weighted by atomic mass is 10.1. The van der Waals surface area contributed by atoms with Gasteiger partial charge in [-0.1, -0.05) is 49.4 Å². The summed E-state index contributed by atoms with van der Waals surface area (Å²) >= 11 is 0. The molecular formula is C28H28FN3O2. The Bertz CT molecular complexity index is 1270. The van der Waals surface area contributed by atoms with Gasteiger partial charge in [0, 0.05) is 24.7 Å². The van der Waals surface area contributed by atoms with Crippen molar-refractivity contribution in [2.24, 2.45) is 7.05 Å². The Kier molecular flexibility index (Phi) is 7.07. The van der Waals surface area contributed by atoms with Crippen LogP contribution in [0.3, 0.4) is 0 Å². The van der Waals surface area contributed by atoms with Gasteiger partial charge in [0.1, 0.15) is 17.3 Å². The smallest absolute Gasteiger partial charge is 0.254 e. The van der Waals surface area contributed by atoms with Gasteiger partial charge >= 0.3 is 0 Å². The minimum Gasteiger partial charge on any atom is -0.439 e. The maximum Gasteiger partial charge on any atom is 0.254 e. The Morgan fingerprint density at radius 2 is 1.76 bits per heavy atom. The third kappa shape index (κ3) is 5.17. The molecule has 0 aliphatic carbocycles. The summed E-state index contributed by atoms with van der Waals surface area (Å²) < 4.78 is 21.5. The van der Waals surface area contributed by atoms with Crippen molar-refractivity contribution in [2.75, 3.05) is 6.54 Å². The Morgan fingerprint density at radius 3 is 2.44 bits per heavy atom. The van der Waals surface area contributed by atoms with E-state index >= 15 is 0 Å². The van der Waals surface area contributed by atoms with E-state index in [4.69, 9.17) is 9.84 Å². The number of benzene rings is 3.